The van der Waals surface area contributed by atoms with Gasteiger partial charge in [0.05, 0.1) is 18.7 Å². The van der Waals surface area contributed by atoms with Crippen LogP contribution in [0.5, 0.6) is 0 Å². The van der Waals surface area contributed by atoms with E-state index < -0.39 is 6.04 Å². The minimum atomic E-state index is -0.425. The number of hydrogen-bond donors (Lipinski definition) is 1. The Morgan fingerprint density at radius 1 is 1.12 bits per heavy atom. The predicted octanol–water partition coefficient (Wildman–Crippen LogP) is 1.57. The first-order valence-electron chi connectivity index (χ1n) is 8.06. The van der Waals surface area contributed by atoms with Crippen LogP contribution in [-0.2, 0) is 16.0 Å². The molecule has 1 heterocycles. The second-order valence-electron chi connectivity index (χ2n) is 6.08. The number of aryl methyl sites for hydroxylation is 1. The fourth-order valence-electron chi connectivity index (χ4n) is 2.95. The highest BCUT2D eigenvalue weighted by molar-refractivity contribution is 6.21. The predicted molar refractivity (Wildman–Crippen MR) is 89.0 cm³/mol. The van der Waals surface area contributed by atoms with Gasteiger partial charge >= 0.3 is 0 Å². The molecule has 0 saturated carbocycles. The number of nitrogens with two attached hydrogens (primary N) is 1. The van der Waals surface area contributed by atoms with Gasteiger partial charge in [0.1, 0.15) is 5.82 Å². The maximum atomic E-state index is 13.6. The lowest BCUT2D eigenvalue weighted by Crippen LogP contribution is -2.92. The summed E-state index contributed by atoms with van der Waals surface area (Å²) in [6, 6.07) is 13.5. The van der Waals surface area contributed by atoms with Crippen LogP contribution >= 0.6 is 0 Å². The van der Waals surface area contributed by atoms with E-state index in [2.05, 4.69) is 0 Å². The van der Waals surface area contributed by atoms with E-state index in [1.54, 1.807) is 30.3 Å². The molecular formula is C19H20FN2O2+. The van der Waals surface area contributed by atoms with Crippen LogP contribution in [0.2, 0.25) is 0 Å². The number of amides is 2. The van der Waals surface area contributed by atoms with E-state index in [4.69, 9.17) is 0 Å². The Hall–Kier alpha value is -2.53. The van der Waals surface area contributed by atoms with E-state index in [9.17, 15) is 14.0 Å². The molecule has 0 unspecified atom stereocenters. The molecule has 3 rings (SSSR count). The molecule has 124 valence electrons. The minimum Gasteiger partial charge on any atom is -0.335 e. The van der Waals surface area contributed by atoms with E-state index in [1.165, 1.54) is 11.0 Å². The van der Waals surface area contributed by atoms with Crippen LogP contribution in [0, 0.1) is 12.7 Å². The number of benzene rings is 2. The summed E-state index contributed by atoms with van der Waals surface area (Å²) in [5, 5.41) is 1.83. The highest BCUT2D eigenvalue weighted by Gasteiger charge is 2.41. The Kier molecular flexibility index (Phi) is 4.71. The lowest BCUT2D eigenvalue weighted by Gasteiger charge is -2.14. The highest BCUT2D eigenvalue weighted by atomic mass is 19.1. The Bertz CT molecular complexity index is 758. The van der Waals surface area contributed by atoms with Gasteiger partial charge in [0.15, 0.2) is 6.04 Å². The largest absolute Gasteiger partial charge is 0.335 e. The fourth-order valence-corrected chi connectivity index (χ4v) is 2.95. The Morgan fingerprint density at radius 3 is 2.54 bits per heavy atom. The van der Waals surface area contributed by atoms with Crippen molar-refractivity contribution in [2.24, 2.45) is 0 Å². The summed E-state index contributed by atoms with van der Waals surface area (Å²) in [6.45, 7) is 2.52. The number of rotatable bonds is 5. The molecule has 2 amide bonds. The molecular weight excluding hydrogens is 307 g/mol. The Balaban J connectivity index is 1.62. The molecule has 1 aliphatic rings. The number of nitrogens with zero attached hydrogens (tertiary/aromatic N) is 1. The van der Waals surface area contributed by atoms with Crippen LogP contribution < -0.4 is 10.2 Å². The Labute approximate surface area is 140 Å². The lowest BCUT2D eigenvalue weighted by molar-refractivity contribution is -0.674. The van der Waals surface area contributed by atoms with Crippen molar-refractivity contribution in [2.75, 3.05) is 11.4 Å². The molecule has 0 radical (unpaired) electrons. The topological polar surface area (TPSA) is 54.0 Å². The first-order chi connectivity index (χ1) is 11.6. The monoisotopic (exact) mass is 327 g/mol. The van der Waals surface area contributed by atoms with Crippen LogP contribution in [0.15, 0.2) is 48.5 Å². The standard InChI is InChI=1S/C19H19FN2O2/c1-13-6-8-15(9-7-13)22-18(23)12-17(19(22)24)21-11-10-14-4-2-3-5-16(14)20/h2-9,17,21H,10-12H2,1H3/p+1/t17-/m1/s1. The molecule has 24 heavy (non-hydrogen) atoms. The summed E-state index contributed by atoms with van der Waals surface area (Å²) in [5.41, 5.74) is 2.31. The van der Waals surface area contributed by atoms with Crippen molar-refractivity contribution in [3.8, 4) is 0 Å². The number of quaternary nitrogens is 1. The van der Waals surface area contributed by atoms with Gasteiger partial charge < -0.3 is 5.32 Å². The molecule has 0 aromatic heterocycles. The zero-order valence-corrected chi connectivity index (χ0v) is 13.5. The van der Waals surface area contributed by atoms with Gasteiger partial charge in [-0.3, -0.25) is 9.59 Å². The molecule has 5 heteroatoms. The molecule has 2 aromatic rings. The summed E-state index contributed by atoms with van der Waals surface area (Å²) in [7, 11) is 0. The van der Waals surface area contributed by atoms with Crippen LogP contribution in [0.4, 0.5) is 10.1 Å². The second-order valence-corrected chi connectivity index (χ2v) is 6.08. The van der Waals surface area contributed by atoms with E-state index >= 15 is 0 Å². The normalized spacial score (nSPS) is 17.6. The zero-order valence-electron chi connectivity index (χ0n) is 13.5. The first kappa shape index (κ1) is 16.3. The van der Waals surface area contributed by atoms with E-state index in [1.807, 2.05) is 24.4 Å². The number of anilines is 1. The molecule has 0 spiro atoms. The van der Waals surface area contributed by atoms with E-state index in [0.29, 0.717) is 24.2 Å². The molecule has 4 nitrogen and oxygen atoms in total. The molecule has 2 N–H and O–H groups in total. The first-order valence-corrected chi connectivity index (χ1v) is 8.06. The zero-order chi connectivity index (χ0) is 17.1. The van der Waals surface area contributed by atoms with Gasteiger partial charge in [-0.15, -0.1) is 0 Å². The number of carbonyl (C=O) groups excluding carboxylic acids is 2. The maximum absolute atomic E-state index is 13.6. The molecule has 0 bridgehead atoms. The quantitative estimate of drug-likeness (QED) is 0.848. The van der Waals surface area contributed by atoms with Gasteiger partial charge in [-0.1, -0.05) is 35.9 Å². The van der Waals surface area contributed by atoms with Crippen LogP contribution in [0.25, 0.3) is 0 Å². The second kappa shape index (κ2) is 6.93. The summed E-state index contributed by atoms with van der Waals surface area (Å²) in [4.78, 5) is 26.0. The van der Waals surface area contributed by atoms with Crippen LogP contribution in [0.3, 0.4) is 0 Å². The average molecular weight is 327 g/mol. The smallest absolute Gasteiger partial charge is 0.292 e. The van der Waals surface area contributed by atoms with Crippen molar-refractivity contribution in [2.45, 2.75) is 25.8 Å². The SMILES string of the molecule is Cc1ccc(N2C(=O)C[C@@H]([NH2+]CCc3ccccc3F)C2=O)cc1. The summed E-state index contributed by atoms with van der Waals surface area (Å²) >= 11 is 0. The summed E-state index contributed by atoms with van der Waals surface area (Å²) in [5.74, 6) is -0.616. The molecule has 2 aromatic carbocycles. The van der Waals surface area contributed by atoms with Crippen LogP contribution in [0.1, 0.15) is 17.5 Å². The van der Waals surface area contributed by atoms with Crippen molar-refractivity contribution < 1.29 is 19.3 Å². The van der Waals surface area contributed by atoms with Crippen molar-refractivity contribution in [1.29, 1.82) is 0 Å². The van der Waals surface area contributed by atoms with Crippen molar-refractivity contribution >= 4 is 17.5 Å². The third-order valence-electron chi connectivity index (χ3n) is 4.30. The molecule has 1 saturated heterocycles. The number of hydrogen-bond acceptors (Lipinski definition) is 2. The van der Waals surface area contributed by atoms with Crippen molar-refractivity contribution in [3.63, 3.8) is 0 Å². The third kappa shape index (κ3) is 3.36. The third-order valence-corrected chi connectivity index (χ3v) is 4.30. The fraction of sp³-hybridized carbons (Fsp3) is 0.263. The van der Waals surface area contributed by atoms with Gasteiger partial charge in [0.25, 0.3) is 5.91 Å². The summed E-state index contributed by atoms with van der Waals surface area (Å²) < 4.78 is 13.6. The molecule has 1 atom stereocenters. The van der Waals surface area contributed by atoms with Crippen LogP contribution in [-0.4, -0.2) is 24.4 Å². The number of carbonyl (C=O) groups is 2. The molecule has 1 aliphatic heterocycles. The lowest BCUT2D eigenvalue weighted by atomic mass is 10.1. The van der Waals surface area contributed by atoms with Crippen molar-refractivity contribution in [1.82, 2.24) is 0 Å². The number of imide groups is 1. The van der Waals surface area contributed by atoms with Crippen molar-refractivity contribution in [3.05, 3.63) is 65.5 Å². The van der Waals surface area contributed by atoms with Gasteiger partial charge in [-0.25, -0.2) is 9.29 Å². The Morgan fingerprint density at radius 2 is 1.83 bits per heavy atom. The van der Waals surface area contributed by atoms with Gasteiger partial charge in [0.2, 0.25) is 5.91 Å². The average Bonchev–Trinajstić information content (AvgIpc) is 2.84. The van der Waals surface area contributed by atoms with E-state index in [-0.39, 0.29) is 24.1 Å². The molecule has 0 aliphatic carbocycles. The number of halogens is 1. The van der Waals surface area contributed by atoms with E-state index in [0.717, 1.165) is 5.56 Å². The summed E-state index contributed by atoms with van der Waals surface area (Å²) in [6.07, 6.45) is 0.707. The highest BCUT2D eigenvalue weighted by Crippen LogP contribution is 2.21. The van der Waals surface area contributed by atoms with Gasteiger partial charge in [-0.2, -0.15) is 0 Å². The minimum absolute atomic E-state index is 0.184. The molecule has 1 fully saturated rings. The maximum Gasteiger partial charge on any atom is 0.292 e. The van der Waals surface area contributed by atoms with Gasteiger partial charge in [0, 0.05) is 6.42 Å². The van der Waals surface area contributed by atoms with Gasteiger partial charge in [-0.05, 0) is 30.7 Å².